The zero-order chi connectivity index (χ0) is 21.3. The Morgan fingerprint density at radius 1 is 0.967 bits per heavy atom. The Morgan fingerprint density at radius 2 is 1.67 bits per heavy atom. The van der Waals surface area contributed by atoms with E-state index in [0.717, 1.165) is 10.7 Å². The van der Waals surface area contributed by atoms with Crippen molar-refractivity contribution in [2.24, 2.45) is 0 Å². The molecule has 0 bridgehead atoms. The molecule has 4 rings (SSSR count). The van der Waals surface area contributed by atoms with Crippen molar-refractivity contribution >= 4 is 35.1 Å². The van der Waals surface area contributed by atoms with Crippen molar-refractivity contribution in [2.75, 3.05) is 11.5 Å². The van der Waals surface area contributed by atoms with Crippen LogP contribution in [0.5, 0.6) is 0 Å². The summed E-state index contributed by atoms with van der Waals surface area (Å²) < 4.78 is 10.6. The van der Waals surface area contributed by atoms with Crippen molar-refractivity contribution in [3.05, 3.63) is 88.9 Å². The molecule has 0 saturated carbocycles. The first-order chi connectivity index (χ1) is 14.5. The summed E-state index contributed by atoms with van der Waals surface area (Å²) in [4.78, 5) is 39.5. The van der Waals surface area contributed by atoms with E-state index in [1.165, 1.54) is 12.1 Å². The Morgan fingerprint density at radius 3 is 2.30 bits per heavy atom. The lowest BCUT2D eigenvalue weighted by molar-refractivity contribution is -0.112. The third kappa shape index (κ3) is 3.43. The van der Waals surface area contributed by atoms with Crippen molar-refractivity contribution in [1.82, 2.24) is 0 Å². The van der Waals surface area contributed by atoms with Gasteiger partial charge in [-0.15, -0.1) is 0 Å². The largest absolute Gasteiger partial charge is 0.462 e. The molecule has 1 aliphatic heterocycles. The molecule has 2 heterocycles. The molecule has 0 spiro atoms. The average molecular weight is 401 g/mol. The smallest absolute Gasteiger partial charge is 0.338 e. The van der Waals surface area contributed by atoms with Crippen LogP contribution in [0, 0.1) is 6.92 Å². The molecule has 3 aromatic rings. The molecule has 6 heteroatoms. The molecule has 0 N–H and O–H groups in total. The van der Waals surface area contributed by atoms with E-state index in [1.54, 1.807) is 55.5 Å². The summed E-state index contributed by atoms with van der Waals surface area (Å²) in [7, 11) is 0. The van der Waals surface area contributed by atoms with E-state index in [4.69, 9.17) is 9.15 Å². The third-order valence-corrected chi connectivity index (χ3v) is 4.77. The number of carbonyl (C=O) groups is 3. The summed E-state index contributed by atoms with van der Waals surface area (Å²) >= 11 is 0. The minimum Gasteiger partial charge on any atom is -0.462 e. The number of fused-ring (bicyclic) bond motifs is 1. The number of carbonyl (C=O) groups excluding carboxylic acids is 3. The van der Waals surface area contributed by atoms with Crippen molar-refractivity contribution in [3.8, 4) is 0 Å². The van der Waals surface area contributed by atoms with Gasteiger partial charge in [-0.1, -0.05) is 18.2 Å². The molecule has 1 aromatic heterocycles. The molecule has 30 heavy (non-hydrogen) atoms. The Hall–Kier alpha value is -3.93. The zero-order valence-corrected chi connectivity index (χ0v) is 16.5. The SMILES string of the molecule is CCOC(=O)c1ccc(N2C(=O)/C(=C/c3ccc(C)o3)c3ccccc3C2=O)cc1. The first-order valence-electron chi connectivity index (χ1n) is 9.53. The highest BCUT2D eigenvalue weighted by Crippen LogP contribution is 2.33. The van der Waals surface area contributed by atoms with Gasteiger partial charge in [0.2, 0.25) is 0 Å². The van der Waals surface area contributed by atoms with Crippen LogP contribution in [-0.4, -0.2) is 24.4 Å². The normalized spacial score (nSPS) is 14.7. The number of ether oxygens (including phenoxy) is 1. The van der Waals surface area contributed by atoms with E-state index < -0.39 is 17.8 Å². The third-order valence-electron chi connectivity index (χ3n) is 4.77. The predicted molar refractivity (Wildman–Crippen MR) is 112 cm³/mol. The lowest BCUT2D eigenvalue weighted by Gasteiger charge is -2.28. The van der Waals surface area contributed by atoms with Crippen molar-refractivity contribution in [1.29, 1.82) is 0 Å². The number of amides is 2. The van der Waals surface area contributed by atoms with Gasteiger partial charge in [0.25, 0.3) is 11.8 Å². The second-order valence-corrected chi connectivity index (χ2v) is 6.77. The van der Waals surface area contributed by atoms with Gasteiger partial charge in [-0.05, 0) is 62.4 Å². The van der Waals surface area contributed by atoms with Crippen LogP contribution in [0.25, 0.3) is 11.6 Å². The van der Waals surface area contributed by atoms with Crippen molar-refractivity contribution in [2.45, 2.75) is 13.8 Å². The van der Waals surface area contributed by atoms with E-state index in [1.807, 2.05) is 13.0 Å². The second kappa shape index (κ2) is 7.83. The molecule has 1 aliphatic rings. The topological polar surface area (TPSA) is 76.8 Å². The van der Waals surface area contributed by atoms with Gasteiger partial charge in [0.1, 0.15) is 11.5 Å². The molecule has 0 aliphatic carbocycles. The van der Waals surface area contributed by atoms with Crippen LogP contribution in [0.1, 0.15) is 44.7 Å². The Balaban J connectivity index is 1.78. The van der Waals surface area contributed by atoms with Crippen LogP contribution in [0.3, 0.4) is 0 Å². The maximum Gasteiger partial charge on any atom is 0.338 e. The van der Waals surface area contributed by atoms with Gasteiger partial charge in [0.05, 0.1) is 23.4 Å². The summed E-state index contributed by atoms with van der Waals surface area (Å²) in [5.41, 5.74) is 2.05. The second-order valence-electron chi connectivity index (χ2n) is 6.77. The molecule has 0 atom stereocenters. The molecule has 0 radical (unpaired) electrons. The number of aryl methyl sites for hydroxylation is 1. The number of hydrogen-bond acceptors (Lipinski definition) is 5. The van der Waals surface area contributed by atoms with Crippen LogP contribution in [0.2, 0.25) is 0 Å². The summed E-state index contributed by atoms with van der Waals surface area (Å²) in [6.07, 6.45) is 1.64. The highest BCUT2D eigenvalue weighted by atomic mass is 16.5. The van der Waals surface area contributed by atoms with Gasteiger partial charge >= 0.3 is 5.97 Å². The molecule has 0 saturated heterocycles. The number of benzene rings is 2. The summed E-state index contributed by atoms with van der Waals surface area (Å²) in [5.74, 6) is -0.0955. The number of imide groups is 1. The summed E-state index contributed by atoms with van der Waals surface area (Å²) in [6, 6.07) is 16.7. The van der Waals surface area contributed by atoms with E-state index in [9.17, 15) is 14.4 Å². The predicted octanol–water partition coefficient (Wildman–Crippen LogP) is 4.49. The van der Waals surface area contributed by atoms with E-state index in [2.05, 4.69) is 0 Å². The van der Waals surface area contributed by atoms with E-state index in [-0.39, 0.29) is 6.61 Å². The average Bonchev–Trinajstić information content (AvgIpc) is 3.16. The standard InChI is InChI=1S/C24H19NO5/c1-3-29-24(28)16-9-11-17(12-10-16)25-22(26)20-7-5-4-6-19(20)21(23(25)27)14-18-13-8-15(2)30-18/h4-14H,3H2,1-2H3/b21-14+. The first kappa shape index (κ1) is 19.4. The van der Waals surface area contributed by atoms with Gasteiger partial charge in [0.15, 0.2) is 0 Å². The highest BCUT2D eigenvalue weighted by Gasteiger charge is 2.36. The van der Waals surface area contributed by atoms with E-state index >= 15 is 0 Å². The van der Waals surface area contributed by atoms with Crippen molar-refractivity contribution < 1.29 is 23.5 Å². The number of hydrogen-bond donors (Lipinski definition) is 0. The van der Waals surface area contributed by atoms with E-state index in [0.29, 0.717) is 33.7 Å². The lowest BCUT2D eigenvalue weighted by atomic mass is 9.92. The minimum absolute atomic E-state index is 0.265. The van der Waals surface area contributed by atoms with Crippen LogP contribution < -0.4 is 4.90 Å². The quantitative estimate of drug-likeness (QED) is 0.366. The molecule has 2 aromatic carbocycles. The molecular weight excluding hydrogens is 382 g/mol. The molecule has 2 amide bonds. The summed E-state index contributed by atoms with van der Waals surface area (Å²) in [6.45, 7) is 3.81. The maximum absolute atomic E-state index is 13.3. The Labute approximate surface area is 173 Å². The van der Waals surface area contributed by atoms with Gasteiger partial charge in [0, 0.05) is 11.1 Å². The van der Waals surface area contributed by atoms with Crippen LogP contribution in [0.4, 0.5) is 5.69 Å². The van der Waals surface area contributed by atoms with Crippen LogP contribution in [-0.2, 0) is 9.53 Å². The highest BCUT2D eigenvalue weighted by molar-refractivity contribution is 6.43. The Bertz CT molecular complexity index is 1170. The summed E-state index contributed by atoms with van der Waals surface area (Å²) in [5, 5.41) is 0. The van der Waals surface area contributed by atoms with Gasteiger partial charge in [-0.3, -0.25) is 9.59 Å². The van der Waals surface area contributed by atoms with Crippen LogP contribution >= 0.6 is 0 Å². The zero-order valence-electron chi connectivity index (χ0n) is 16.5. The van der Waals surface area contributed by atoms with Gasteiger partial charge in [-0.25, -0.2) is 9.69 Å². The molecule has 150 valence electrons. The monoisotopic (exact) mass is 401 g/mol. The maximum atomic E-state index is 13.3. The first-order valence-corrected chi connectivity index (χ1v) is 9.53. The number of anilines is 1. The van der Waals surface area contributed by atoms with Crippen LogP contribution in [0.15, 0.2) is 65.1 Å². The number of nitrogens with zero attached hydrogens (tertiary/aromatic N) is 1. The number of furan rings is 1. The fourth-order valence-corrected chi connectivity index (χ4v) is 3.36. The molecule has 6 nitrogen and oxygen atoms in total. The lowest BCUT2D eigenvalue weighted by Crippen LogP contribution is -2.41. The Kier molecular flexibility index (Phi) is 5.06. The molecular formula is C24H19NO5. The van der Waals surface area contributed by atoms with Gasteiger partial charge < -0.3 is 9.15 Å². The minimum atomic E-state index is -0.461. The van der Waals surface area contributed by atoms with Crippen molar-refractivity contribution in [3.63, 3.8) is 0 Å². The fourth-order valence-electron chi connectivity index (χ4n) is 3.36. The molecule has 0 fully saturated rings. The van der Waals surface area contributed by atoms with Gasteiger partial charge in [-0.2, -0.15) is 0 Å². The number of rotatable bonds is 4. The number of esters is 1. The molecule has 0 unspecified atom stereocenters. The fraction of sp³-hybridized carbons (Fsp3) is 0.125.